The normalized spacial score (nSPS) is 10.1. The van der Waals surface area contributed by atoms with Crippen LogP contribution < -0.4 is 15.5 Å². The summed E-state index contributed by atoms with van der Waals surface area (Å²) in [6.07, 6.45) is 0. The standard InChI is InChI=1S/C18H21N3O2/c1-12-9-10-14(11-16(12)19-13(2)22)18(23)20-15-7-5-6-8-17(15)21(3)4/h5-11H,1-4H3,(H,19,22)(H,20,23). The fourth-order valence-electron chi connectivity index (χ4n) is 2.25. The second-order valence-electron chi connectivity index (χ2n) is 5.58. The molecule has 2 N–H and O–H groups in total. The number of nitrogens with one attached hydrogen (secondary N) is 2. The summed E-state index contributed by atoms with van der Waals surface area (Å²) in [5, 5.41) is 5.65. The predicted octanol–water partition coefficient (Wildman–Crippen LogP) is 3.27. The molecule has 0 aliphatic heterocycles. The number of aryl methyl sites for hydroxylation is 1. The van der Waals surface area contributed by atoms with Crippen LogP contribution in [-0.4, -0.2) is 25.9 Å². The Bertz CT molecular complexity index is 739. The van der Waals surface area contributed by atoms with Gasteiger partial charge in [0.25, 0.3) is 5.91 Å². The van der Waals surface area contributed by atoms with E-state index in [0.29, 0.717) is 11.3 Å². The average Bonchev–Trinajstić information content (AvgIpc) is 2.49. The Labute approximate surface area is 136 Å². The zero-order chi connectivity index (χ0) is 17.0. The number of benzene rings is 2. The first kappa shape index (κ1) is 16.5. The third-order valence-corrected chi connectivity index (χ3v) is 3.44. The molecule has 2 aromatic rings. The highest BCUT2D eigenvalue weighted by Gasteiger charge is 2.12. The fraction of sp³-hybridized carbons (Fsp3) is 0.222. The van der Waals surface area contributed by atoms with Gasteiger partial charge in [-0.15, -0.1) is 0 Å². The molecule has 0 fully saturated rings. The van der Waals surface area contributed by atoms with Gasteiger partial charge >= 0.3 is 0 Å². The van der Waals surface area contributed by atoms with Crippen LogP contribution in [0, 0.1) is 6.92 Å². The summed E-state index contributed by atoms with van der Waals surface area (Å²) >= 11 is 0. The minimum absolute atomic E-state index is 0.163. The highest BCUT2D eigenvalue weighted by atomic mass is 16.2. The van der Waals surface area contributed by atoms with Crippen molar-refractivity contribution in [2.45, 2.75) is 13.8 Å². The molecule has 0 saturated heterocycles. The summed E-state index contributed by atoms with van der Waals surface area (Å²) < 4.78 is 0. The summed E-state index contributed by atoms with van der Waals surface area (Å²) in [7, 11) is 3.84. The molecule has 0 bridgehead atoms. The van der Waals surface area contributed by atoms with Crippen LogP contribution in [-0.2, 0) is 4.79 Å². The first-order valence-corrected chi connectivity index (χ1v) is 7.34. The zero-order valence-electron chi connectivity index (χ0n) is 13.8. The molecular weight excluding hydrogens is 290 g/mol. The summed E-state index contributed by atoms with van der Waals surface area (Å²) in [6, 6.07) is 12.8. The first-order chi connectivity index (χ1) is 10.9. The second kappa shape index (κ2) is 6.96. The van der Waals surface area contributed by atoms with Crippen LogP contribution in [0.25, 0.3) is 0 Å². The summed E-state index contributed by atoms with van der Waals surface area (Å²) in [5.41, 5.74) is 3.71. The topological polar surface area (TPSA) is 61.4 Å². The van der Waals surface area contributed by atoms with Gasteiger partial charge in [-0.3, -0.25) is 9.59 Å². The monoisotopic (exact) mass is 311 g/mol. The quantitative estimate of drug-likeness (QED) is 0.911. The third-order valence-electron chi connectivity index (χ3n) is 3.44. The number of carbonyl (C=O) groups excluding carboxylic acids is 2. The van der Waals surface area contributed by atoms with Crippen LogP contribution in [0.15, 0.2) is 42.5 Å². The molecule has 2 aromatic carbocycles. The van der Waals surface area contributed by atoms with Crippen LogP contribution >= 0.6 is 0 Å². The fourth-order valence-corrected chi connectivity index (χ4v) is 2.25. The van der Waals surface area contributed by atoms with Gasteiger partial charge in [-0.1, -0.05) is 18.2 Å². The number of amides is 2. The van der Waals surface area contributed by atoms with E-state index in [2.05, 4.69) is 10.6 Å². The first-order valence-electron chi connectivity index (χ1n) is 7.34. The lowest BCUT2D eigenvalue weighted by molar-refractivity contribution is -0.114. The molecular formula is C18H21N3O2. The molecule has 0 spiro atoms. The van der Waals surface area contributed by atoms with Gasteiger partial charge in [0.1, 0.15) is 0 Å². The highest BCUT2D eigenvalue weighted by molar-refractivity contribution is 6.07. The molecule has 0 heterocycles. The van der Waals surface area contributed by atoms with Crippen molar-refractivity contribution in [3.8, 4) is 0 Å². The van der Waals surface area contributed by atoms with Crippen LogP contribution in [0.5, 0.6) is 0 Å². The lowest BCUT2D eigenvalue weighted by Gasteiger charge is -2.18. The van der Waals surface area contributed by atoms with Crippen LogP contribution in [0.1, 0.15) is 22.8 Å². The minimum atomic E-state index is -0.217. The van der Waals surface area contributed by atoms with Gasteiger partial charge in [-0.25, -0.2) is 0 Å². The molecule has 0 radical (unpaired) electrons. The number of carbonyl (C=O) groups is 2. The second-order valence-corrected chi connectivity index (χ2v) is 5.58. The van der Waals surface area contributed by atoms with E-state index in [1.807, 2.05) is 56.3 Å². The molecule has 2 amide bonds. The predicted molar refractivity (Wildman–Crippen MR) is 94.2 cm³/mol. The van der Waals surface area contributed by atoms with E-state index < -0.39 is 0 Å². The van der Waals surface area contributed by atoms with Crippen LogP contribution in [0.2, 0.25) is 0 Å². The van der Waals surface area contributed by atoms with Gasteiger partial charge in [0.15, 0.2) is 0 Å². The van der Waals surface area contributed by atoms with Crippen molar-refractivity contribution in [1.29, 1.82) is 0 Å². The van der Waals surface area contributed by atoms with Crippen molar-refractivity contribution in [2.75, 3.05) is 29.6 Å². The maximum absolute atomic E-state index is 12.5. The van der Waals surface area contributed by atoms with Crippen molar-refractivity contribution in [3.05, 3.63) is 53.6 Å². The van der Waals surface area contributed by atoms with E-state index in [9.17, 15) is 9.59 Å². The minimum Gasteiger partial charge on any atom is -0.376 e. The van der Waals surface area contributed by atoms with Gasteiger partial charge in [-0.05, 0) is 36.8 Å². The van der Waals surface area contributed by atoms with Crippen LogP contribution in [0.3, 0.4) is 0 Å². The van der Waals surface area contributed by atoms with Gasteiger partial charge in [0, 0.05) is 32.3 Å². The van der Waals surface area contributed by atoms with Gasteiger partial charge in [0.05, 0.1) is 11.4 Å². The molecule has 120 valence electrons. The Kier molecular flexibility index (Phi) is 5.01. The Morgan fingerprint density at radius 2 is 1.65 bits per heavy atom. The maximum Gasteiger partial charge on any atom is 0.255 e. The number of anilines is 3. The summed E-state index contributed by atoms with van der Waals surface area (Å²) in [5.74, 6) is -0.380. The molecule has 5 nitrogen and oxygen atoms in total. The van der Waals surface area contributed by atoms with E-state index in [0.717, 1.165) is 16.9 Å². The number of hydrogen-bond acceptors (Lipinski definition) is 3. The number of para-hydroxylation sites is 2. The Hall–Kier alpha value is -2.82. The van der Waals surface area contributed by atoms with Gasteiger partial charge < -0.3 is 15.5 Å². The molecule has 23 heavy (non-hydrogen) atoms. The highest BCUT2D eigenvalue weighted by Crippen LogP contribution is 2.25. The smallest absolute Gasteiger partial charge is 0.255 e. The van der Waals surface area contributed by atoms with Crippen molar-refractivity contribution in [2.24, 2.45) is 0 Å². The van der Waals surface area contributed by atoms with Crippen molar-refractivity contribution in [1.82, 2.24) is 0 Å². The third kappa shape index (κ3) is 4.10. The van der Waals surface area contributed by atoms with E-state index in [1.54, 1.807) is 12.1 Å². The molecule has 0 unspecified atom stereocenters. The summed E-state index contributed by atoms with van der Waals surface area (Å²) in [4.78, 5) is 25.7. The molecule has 0 aromatic heterocycles. The van der Waals surface area contributed by atoms with E-state index in [4.69, 9.17) is 0 Å². The van der Waals surface area contributed by atoms with Gasteiger partial charge in [0.2, 0.25) is 5.91 Å². The van der Waals surface area contributed by atoms with E-state index in [-0.39, 0.29) is 11.8 Å². The van der Waals surface area contributed by atoms with Crippen molar-refractivity contribution in [3.63, 3.8) is 0 Å². The number of rotatable bonds is 4. The van der Waals surface area contributed by atoms with Crippen molar-refractivity contribution < 1.29 is 9.59 Å². The summed E-state index contributed by atoms with van der Waals surface area (Å²) in [6.45, 7) is 3.33. The zero-order valence-corrected chi connectivity index (χ0v) is 13.8. The lowest BCUT2D eigenvalue weighted by atomic mass is 10.1. The number of nitrogens with zero attached hydrogens (tertiary/aromatic N) is 1. The molecule has 2 rings (SSSR count). The SMILES string of the molecule is CC(=O)Nc1cc(C(=O)Nc2ccccc2N(C)C)ccc1C. The maximum atomic E-state index is 12.5. The van der Waals surface area contributed by atoms with Crippen LogP contribution in [0.4, 0.5) is 17.1 Å². The number of hydrogen-bond donors (Lipinski definition) is 2. The van der Waals surface area contributed by atoms with E-state index >= 15 is 0 Å². The molecule has 0 saturated carbocycles. The molecule has 5 heteroatoms. The average molecular weight is 311 g/mol. The Morgan fingerprint density at radius 3 is 2.30 bits per heavy atom. The Morgan fingerprint density at radius 1 is 0.957 bits per heavy atom. The van der Waals surface area contributed by atoms with Crippen molar-refractivity contribution >= 4 is 28.9 Å². The molecule has 0 aliphatic carbocycles. The lowest BCUT2D eigenvalue weighted by Crippen LogP contribution is -2.17. The van der Waals surface area contributed by atoms with E-state index in [1.165, 1.54) is 6.92 Å². The molecule has 0 atom stereocenters. The Balaban J connectivity index is 2.26. The molecule has 0 aliphatic rings. The largest absolute Gasteiger partial charge is 0.376 e. The van der Waals surface area contributed by atoms with Gasteiger partial charge in [-0.2, -0.15) is 0 Å².